The fourth-order valence-corrected chi connectivity index (χ4v) is 2.00. The molecular formula is C14H18Cl2O6. The van der Waals surface area contributed by atoms with E-state index < -0.39 is 31.2 Å². The standard InChI is InChI=1S/C14H18Cl2O6/c15-10-1-2-12(11(16)5-10)22-6-13(20)21-4-3-14(7-17,8-18)9-19/h1-2,5,17-19H,3-4,6-9H2. The second-order valence-electron chi connectivity index (χ2n) is 4.81. The van der Waals surface area contributed by atoms with Crippen LogP contribution in [-0.4, -0.2) is 54.3 Å². The molecule has 6 nitrogen and oxygen atoms in total. The summed E-state index contributed by atoms with van der Waals surface area (Å²) in [5, 5.41) is 28.1. The predicted octanol–water partition coefficient (Wildman–Crippen LogP) is 1.27. The molecule has 0 radical (unpaired) electrons. The van der Waals surface area contributed by atoms with Gasteiger partial charge < -0.3 is 24.8 Å². The van der Waals surface area contributed by atoms with Crippen LogP contribution in [0.5, 0.6) is 5.75 Å². The number of aliphatic hydroxyl groups excluding tert-OH is 3. The van der Waals surface area contributed by atoms with Crippen LogP contribution in [0, 0.1) is 5.41 Å². The van der Waals surface area contributed by atoms with Gasteiger partial charge in [-0.3, -0.25) is 0 Å². The number of hydrogen-bond acceptors (Lipinski definition) is 6. The molecule has 22 heavy (non-hydrogen) atoms. The van der Waals surface area contributed by atoms with Gasteiger partial charge in [0, 0.05) is 10.4 Å². The third-order valence-corrected chi connectivity index (χ3v) is 3.67. The summed E-state index contributed by atoms with van der Waals surface area (Å²) in [7, 11) is 0. The van der Waals surface area contributed by atoms with Crippen molar-refractivity contribution < 1.29 is 29.6 Å². The van der Waals surface area contributed by atoms with E-state index in [9.17, 15) is 4.79 Å². The van der Waals surface area contributed by atoms with Gasteiger partial charge >= 0.3 is 5.97 Å². The highest BCUT2D eigenvalue weighted by molar-refractivity contribution is 6.35. The third-order valence-electron chi connectivity index (χ3n) is 3.14. The largest absolute Gasteiger partial charge is 0.480 e. The van der Waals surface area contributed by atoms with Crippen molar-refractivity contribution in [1.82, 2.24) is 0 Å². The van der Waals surface area contributed by atoms with Gasteiger partial charge in [-0.15, -0.1) is 0 Å². The summed E-state index contributed by atoms with van der Waals surface area (Å²) in [5.41, 5.74) is -1.07. The normalized spacial score (nSPS) is 11.3. The van der Waals surface area contributed by atoms with Crippen molar-refractivity contribution in [2.24, 2.45) is 5.41 Å². The number of halogens is 2. The molecule has 0 saturated heterocycles. The molecular weight excluding hydrogens is 335 g/mol. The summed E-state index contributed by atoms with van der Waals surface area (Å²) in [6.07, 6.45) is 0.129. The van der Waals surface area contributed by atoms with Crippen LogP contribution in [0.15, 0.2) is 18.2 Å². The van der Waals surface area contributed by atoms with Crippen LogP contribution >= 0.6 is 23.2 Å². The first-order valence-electron chi connectivity index (χ1n) is 6.52. The minimum absolute atomic E-state index is 0.0573. The molecule has 124 valence electrons. The summed E-state index contributed by atoms with van der Waals surface area (Å²) in [6, 6.07) is 4.60. The number of ether oxygens (including phenoxy) is 2. The number of carbonyl (C=O) groups excluding carboxylic acids is 1. The quantitative estimate of drug-likeness (QED) is 0.579. The topological polar surface area (TPSA) is 96.2 Å². The molecule has 1 aromatic carbocycles. The molecule has 1 aromatic rings. The Morgan fingerprint density at radius 2 is 1.77 bits per heavy atom. The molecule has 0 spiro atoms. The van der Waals surface area contributed by atoms with Gasteiger partial charge in [0.05, 0.1) is 31.5 Å². The van der Waals surface area contributed by atoms with E-state index in [1.54, 1.807) is 6.07 Å². The Morgan fingerprint density at radius 1 is 1.14 bits per heavy atom. The van der Waals surface area contributed by atoms with Crippen LogP contribution in [-0.2, 0) is 9.53 Å². The van der Waals surface area contributed by atoms with E-state index in [4.69, 9.17) is 48.0 Å². The van der Waals surface area contributed by atoms with Gasteiger partial charge in [-0.2, -0.15) is 0 Å². The molecule has 0 fully saturated rings. The lowest BCUT2D eigenvalue weighted by atomic mass is 9.88. The SMILES string of the molecule is O=C(COc1ccc(Cl)cc1Cl)OCCC(CO)(CO)CO. The van der Waals surface area contributed by atoms with Gasteiger partial charge in [0.25, 0.3) is 0 Å². The highest BCUT2D eigenvalue weighted by Crippen LogP contribution is 2.27. The maximum atomic E-state index is 11.5. The number of aliphatic hydroxyl groups is 3. The first kappa shape index (κ1) is 19.0. The van der Waals surface area contributed by atoms with E-state index in [-0.39, 0.29) is 24.7 Å². The van der Waals surface area contributed by atoms with Gasteiger partial charge in [0.1, 0.15) is 5.75 Å². The van der Waals surface area contributed by atoms with Gasteiger partial charge in [-0.1, -0.05) is 23.2 Å². The first-order valence-corrected chi connectivity index (χ1v) is 7.28. The molecule has 0 saturated carbocycles. The molecule has 0 aliphatic heterocycles. The van der Waals surface area contributed by atoms with Crippen molar-refractivity contribution >= 4 is 29.2 Å². The summed E-state index contributed by atoms with van der Waals surface area (Å²) >= 11 is 11.6. The molecule has 0 aliphatic rings. The Balaban J connectivity index is 2.38. The Labute approximate surface area is 138 Å². The molecule has 1 rings (SSSR count). The average molecular weight is 353 g/mol. The Bertz CT molecular complexity index is 482. The van der Waals surface area contributed by atoms with Crippen molar-refractivity contribution in [3.8, 4) is 5.75 Å². The Hall–Kier alpha value is -1.05. The van der Waals surface area contributed by atoms with Gasteiger partial charge in [0.15, 0.2) is 6.61 Å². The van der Waals surface area contributed by atoms with Crippen LogP contribution in [0.3, 0.4) is 0 Å². The molecule has 3 N–H and O–H groups in total. The van der Waals surface area contributed by atoms with Crippen LogP contribution in [0.1, 0.15) is 6.42 Å². The number of esters is 1. The van der Waals surface area contributed by atoms with Gasteiger partial charge in [-0.25, -0.2) is 4.79 Å². The second-order valence-corrected chi connectivity index (χ2v) is 5.65. The van der Waals surface area contributed by atoms with E-state index in [0.717, 1.165) is 0 Å². The van der Waals surface area contributed by atoms with E-state index in [0.29, 0.717) is 10.8 Å². The molecule has 0 atom stereocenters. The maximum absolute atomic E-state index is 11.5. The zero-order valence-corrected chi connectivity index (χ0v) is 13.3. The van der Waals surface area contributed by atoms with Crippen LogP contribution in [0.4, 0.5) is 0 Å². The summed E-state index contributed by atoms with van der Waals surface area (Å²) in [4.78, 5) is 11.5. The number of benzene rings is 1. The van der Waals surface area contributed by atoms with Crippen molar-refractivity contribution in [2.75, 3.05) is 33.0 Å². The van der Waals surface area contributed by atoms with Crippen LogP contribution < -0.4 is 4.74 Å². The average Bonchev–Trinajstić information content (AvgIpc) is 2.51. The lowest BCUT2D eigenvalue weighted by Crippen LogP contribution is -2.35. The van der Waals surface area contributed by atoms with Crippen molar-refractivity contribution in [3.05, 3.63) is 28.2 Å². The minimum atomic E-state index is -1.07. The van der Waals surface area contributed by atoms with Crippen molar-refractivity contribution in [1.29, 1.82) is 0 Å². The predicted molar refractivity (Wildman–Crippen MR) is 81.2 cm³/mol. The molecule has 0 aromatic heterocycles. The zero-order chi connectivity index (χ0) is 16.6. The lowest BCUT2D eigenvalue weighted by Gasteiger charge is -2.26. The first-order chi connectivity index (χ1) is 10.5. The minimum Gasteiger partial charge on any atom is -0.480 e. The van der Waals surface area contributed by atoms with Crippen LogP contribution in [0.2, 0.25) is 10.0 Å². The smallest absolute Gasteiger partial charge is 0.344 e. The maximum Gasteiger partial charge on any atom is 0.344 e. The van der Waals surface area contributed by atoms with Gasteiger partial charge in [0.2, 0.25) is 0 Å². The highest BCUT2D eigenvalue weighted by atomic mass is 35.5. The molecule has 8 heteroatoms. The second kappa shape index (κ2) is 9.17. The van der Waals surface area contributed by atoms with E-state index >= 15 is 0 Å². The van der Waals surface area contributed by atoms with E-state index in [2.05, 4.69) is 0 Å². The summed E-state index contributed by atoms with van der Waals surface area (Å²) in [6.45, 7) is -1.62. The van der Waals surface area contributed by atoms with Crippen LogP contribution in [0.25, 0.3) is 0 Å². The molecule has 0 bridgehead atoms. The number of hydrogen-bond donors (Lipinski definition) is 3. The molecule has 0 unspecified atom stereocenters. The summed E-state index contributed by atoms with van der Waals surface area (Å²) < 4.78 is 10.1. The monoisotopic (exact) mass is 352 g/mol. The Kier molecular flexibility index (Phi) is 7.92. The fraction of sp³-hybridized carbons (Fsp3) is 0.500. The molecule has 0 aliphatic carbocycles. The van der Waals surface area contributed by atoms with Crippen molar-refractivity contribution in [2.45, 2.75) is 6.42 Å². The van der Waals surface area contributed by atoms with Crippen molar-refractivity contribution in [3.63, 3.8) is 0 Å². The molecule has 0 heterocycles. The van der Waals surface area contributed by atoms with Gasteiger partial charge in [-0.05, 0) is 24.6 Å². The zero-order valence-electron chi connectivity index (χ0n) is 11.8. The molecule has 0 amide bonds. The van der Waals surface area contributed by atoms with E-state index in [1.807, 2.05) is 0 Å². The number of carbonyl (C=O) groups is 1. The highest BCUT2D eigenvalue weighted by Gasteiger charge is 2.28. The summed E-state index contributed by atoms with van der Waals surface area (Å²) in [5.74, 6) is -0.327. The Morgan fingerprint density at radius 3 is 2.32 bits per heavy atom. The number of rotatable bonds is 9. The third kappa shape index (κ3) is 5.62. The fourth-order valence-electron chi connectivity index (χ4n) is 1.54. The lowest BCUT2D eigenvalue weighted by molar-refractivity contribution is -0.147. The van der Waals surface area contributed by atoms with E-state index in [1.165, 1.54) is 12.1 Å².